The van der Waals surface area contributed by atoms with Crippen LogP contribution in [0.25, 0.3) is 0 Å². The van der Waals surface area contributed by atoms with E-state index in [-0.39, 0.29) is 157 Å². The molecule has 0 amide bonds. The molecule has 12 heteroatoms. The molecule has 13 atom stereocenters. The van der Waals surface area contributed by atoms with Crippen molar-refractivity contribution in [1.29, 1.82) is 0 Å². The van der Waals surface area contributed by atoms with Gasteiger partial charge in [-0.15, -0.1) is 0 Å². The number of hydrogen-bond acceptors (Lipinski definition) is 12. The van der Waals surface area contributed by atoms with Crippen molar-refractivity contribution >= 4 is 35.8 Å². The second-order valence-corrected chi connectivity index (χ2v) is 26.5. The van der Waals surface area contributed by atoms with E-state index >= 15 is 0 Å². The molecule has 13 unspecified atom stereocenters. The fourth-order valence-electron chi connectivity index (χ4n) is 14.3. The van der Waals surface area contributed by atoms with Crippen LogP contribution < -0.4 is 0 Å². The van der Waals surface area contributed by atoms with Crippen LogP contribution in [0.2, 0.25) is 0 Å². The first-order valence-corrected chi connectivity index (χ1v) is 29.3. The van der Waals surface area contributed by atoms with Crippen molar-refractivity contribution in [2.45, 2.75) is 316 Å². The van der Waals surface area contributed by atoms with Crippen LogP contribution in [0.5, 0.6) is 0 Å². The van der Waals surface area contributed by atoms with Gasteiger partial charge in [0, 0.05) is 17.8 Å². The zero-order valence-electron chi connectivity index (χ0n) is 46.6. The number of carbonyl (C=O) groups is 6. The van der Waals surface area contributed by atoms with Crippen molar-refractivity contribution in [2.24, 2.45) is 70.0 Å². The molecule has 9 saturated carbocycles. The molecule has 0 N–H and O–H groups in total. The Morgan fingerprint density at radius 2 is 0.756 bits per heavy atom. The van der Waals surface area contributed by atoms with Crippen molar-refractivity contribution in [2.75, 3.05) is 0 Å². The summed E-state index contributed by atoms with van der Waals surface area (Å²) in [6, 6.07) is 0. The minimum Gasteiger partial charge on any atom is -0.462 e. The summed E-state index contributed by atoms with van der Waals surface area (Å²) in [5.74, 6) is 1.23. The molecule has 6 bridgehead atoms. The first-order chi connectivity index (χ1) is 34.0. The van der Waals surface area contributed by atoms with Crippen LogP contribution >= 0.6 is 0 Å². The van der Waals surface area contributed by atoms with Gasteiger partial charge in [0.05, 0.1) is 34.5 Å². The third-order valence-corrected chi connectivity index (χ3v) is 20.3. The van der Waals surface area contributed by atoms with E-state index in [9.17, 15) is 28.8 Å². The number of carbonyl (C=O) groups excluding carboxylic acids is 6. The first kappa shape index (κ1) is 72.8. The standard InChI is InChI=1S/C21H34O4.C20H32O4.C19H30O4.6CH4/c1-5-20(3,4)19(23)24-17-13-14-11-15(17)16(12-14)18(22)25-21(6-2)9-7-8-10-21;1-5-19(2,3)18(22)23-16-12-13-10-14(16)15(11-13)17(21)24-20(4)8-6-7-9-20;1-4-12(2)17(20)22-16-11-13-9-14(16)15(10-13)18(21)23-19(3)7-5-6-8-19;;;;;;/h14-17H,5-13H2,1-4H3;13-16H,5-12H2,1-4H3;12-16H,4-11H2,1-3H3;6*1H4. The zero-order chi connectivity index (χ0) is 52.4. The third kappa shape index (κ3) is 16.7. The van der Waals surface area contributed by atoms with Crippen molar-refractivity contribution in [1.82, 2.24) is 0 Å². The molecule has 9 rings (SSSR count). The predicted octanol–water partition coefficient (Wildman–Crippen LogP) is 16.6. The fourth-order valence-corrected chi connectivity index (χ4v) is 14.3. The van der Waals surface area contributed by atoms with Crippen LogP contribution in [0.15, 0.2) is 0 Å². The molecule has 9 aliphatic rings. The molecule has 0 spiro atoms. The van der Waals surface area contributed by atoms with Crippen LogP contribution in [-0.2, 0) is 57.2 Å². The monoisotopic (exact) mass is 1100 g/mol. The van der Waals surface area contributed by atoms with Gasteiger partial charge in [-0.3, -0.25) is 28.8 Å². The van der Waals surface area contributed by atoms with E-state index in [1.54, 1.807) is 0 Å². The molecule has 9 fully saturated rings. The molecule has 12 nitrogen and oxygen atoms in total. The van der Waals surface area contributed by atoms with Gasteiger partial charge in [-0.25, -0.2) is 0 Å². The van der Waals surface area contributed by atoms with E-state index in [1.807, 2.05) is 55.4 Å². The molecule has 456 valence electrons. The fraction of sp³-hybridized carbons (Fsp3) is 0.909. The van der Waals surface area contributed by atoms with Gasteiger partial charge in [-0.1, -0.05) is 79.2 Å². The molecule has 78 heavy (non-hydrogen) atoms. The molecule has 0 aliphatic heterocycles. The Hall–Kier alpha value is -3.18. The summed E-state index contributed by atoms with van der Waals surface area (Å²) in [6.07, 6.45) is 24.2. The molecular weight excluding hydrogens is 985 g/mol. The van der Waals surface area contributed by atoms with Gasteiger partial charge in [0.2, 0.25) is 0 Å². The normalized spacial score (nSPS) is 31.9. The molecule has 0 heterocycles. The Labute approximate surface area is 477 Å². The van der Waals surface area contributed by atoms with Gasteiger partial charge >= 0.3 is 35.8 Å². The highest BCUT2D eigenvalue weighted by molar-refractivity contribution is 5.78. The minimum absolute atomic E-state index is 0. The highest BCUT2D eigenvalue weighted by atomic mass is 16.6. The van der Waals surface area contributed by atoms with E-state index in [1.165, 1.54) is 0 Å². The largest absolute Gasteiger partial charge is 0.462 e. The number of esters is 6. The van der Waals surface area contributed by atoms with E-state index in [0.717, 1.165) is 161 Å². The maximum atomic E-state index is 12.9. The zero-order valence-corrected chi connectivity index (χ0v) is 46.6. The summed E-state index contributed by atoms with van der Waals surface area (Å²) in [6.45, 7) is 21.9. The Kier molecular flexibility index (Phi) is 27.7. The van der Waals surface area contributed by atoms with Crippen molar-refractivity contribution in [3.05, 3.63) is 0 Å². The first-order valence-electron chi connectivity index (χ1n) is 29.3. The molecular formula is C66H120O12. The second-order valence-electron chi connectivity index (χ2n) is 26.5. The van der Waals surface area contributed by atoms with Gasteiger partial charge < -0.3 is 28.4 Å². The lowest BCUT2D eigenvalue weighted by Gasteiger charge is -2.34. The summed E-state index contributed by atoms with van der Waals surface area (Å²) in [4.78, 5) is 75.2. The highest BCUT2D eigenvalue weighted by Gasteiger charge is 2.56. The third-order valence-electron chi connectivity index (χ3n) is 20.3. The number of rotatable bonds is 16. The maximum Gasteiger partial charge on any atom is 0.311 e. The van der Waals surface area contributed by atoms with E-state index in [0.29, 0.717) is 17.8 Å². The van der Waals surface area contributed by atoms with Crippen molar-refractivity contribution in [3.8, 4) is 0 Å². The van der Waals surface area contributed by atoms with Crippen LogP contribution in [0.3, 0.4) is 0 Å². The highest BCUT2D eigenvalue weighted by Crippen LogP contribution is 2.54. The average Bonchev–Trinajstić information content (AvgIpc) is 4.21. The number of fused-ring (bicyclic) bond motifs is 6. The molecule has 0 saturated heterocycles. The van der Waals surface area contributed by atoms with Crippen LogP contribution in [0.1, 0.15) is 281 Å². The summed E-state index contributed by atoms with van der Waals surface area (Å²) in [5.41, 5.74) is -1.66. The Bertz CT molecular complexity index is 1920. The van der Waals surface area contributed by atoms with Crippen molar-refractivity contribution in [3.63, 3.8) is 0 Å². The molecule has 9 aliphatic carbocycles. The molecule has 0 aromatic heterocycles. The van der Waals surface area contributed by atoms with E-state index in [4.69, 9.17) is 28.4 Å². The topological polar surface area (TPSA) is 158 Å². The molecule has 0 radical (unpaired) electrons. The molecule has 0 aromatic rings. The van der Waals surface area contributed by atoms with Gasteiger partial charge in [-0.05, 0) is 220 Å². The quantitative estimate of drug-likeness (QED) is 0.107. The van der Waals surface area contributed by atoms with Gasteiger partial charge in [0.1, 0.15) is 35.1 Å². The summed E-state index contributed by atoms with van der Waals surface area (Å²) in [5, 5.41) is 0. The average molecular weight is 1110 g/mol. The maximum absolute atomic E-state index is 12.9. The van der Waals surface area contributed by atoms with E-state index < -0.39 is 10.8 Å². The van der Waals surface area contributed by atoms with Gasteiger partial charge in [0.25, 0.3) is 0 Å². The summed E-state index contributed by atoms with van der Waals surface area (Å²) < 4.78 is 35.2. The predicted molar refractivity (Wildman–Crippen MR) is 314 cm³/mol. The summed E-state index contributed by atoms with van der Waals surface area (Å²) in [7, 11) is 0. The Morgan fingerprint density at radius 3 is 1.05 bits per heavy atom. The second kappa shape index (κ2) is 29.7. The lowest BCUT2D eigenvalue weighted by atomic mass is 9.85. The smallest absolute Gasteiger partial charge is 0.311 e. The van der Waals surface area contributed by atoms with Crippen LogP contribution in [-0.4, -0.2) is 70.9 Å². The Morgan fingerprint density at radius 1 is 0.449 bits per heavy atom. The minimum atomic E-state index is -0.450. The summed E-state index contributed by atoms with van der Waals surface area (Å²) >= 11 is 0. The van der Waals surface area contributed by atoms with E-state index in [2.05, 4.69) is 20.8 Å². The lowest BCUT2D eigenvalue weighted by molar-refractivity contribution is -0.174. The van der Waals surface area contributed by atoms with Gasteiger partial charge in [-0.2, -0.15) is 0 Å². The van der Waals surface area contributed by atoms with Gasteiger partial charge in [0.15, 0.2) is 0 Å². The number of hydrogen-bond donors (Lipinski definition) is 0. The number of ether oxygens (including phenoxy) is 6. The van der Waals surface area contributed by atoms with Crippen LogP contribution in [0.4, 0.5) is 0 Å². The lowest BCUT2D eigenvalue weighted by Crippen LogP contribution is -2.40. The molecule has 0 aromatic carbocycles. The van der Waals surface area contributed by atoms with Crippen LogP contribution in [0, 0.1) is 70.0 Å². The SMILES string of the molecule is C.C.C.C.C.C.CCC(C)(C)C(=O)OC1CC2CC(C(=O)OC3(C)CCCC3)C1C2.CCC(C)C(=O)OC1CC2CC(C(=O)OC3(C)CCCC3)C1C2.CCC1(OC(=O)C2CC3CC(OC(=O)C(C)(C)CC)C2C3)CCCC1. The Balaban J connectivity index is 0.000000564. The van der Waals surface area contributed by atoms with Crippen molar-refractivity contribution < 1.29 is 57.2 Å².